The van der Waals surface area contributed by atoms with Gasteiger partial charge in [0.25, 0.3) is 0 Å². The average Bonchev–Trinajstić information content (AvgIpc) is 2.78. The minimum Gasteiger partial charge on any atom is -0.490 e. The third kappa shape index (κ3) is 3.37. The lowest BCUT2D eigenvalue weighted by molar-refractivity contribution is 0.277. The number of aromatic nitrogens is 2. The van der Waals surface area contributed by atoms with Gasteiger partial charge in [-0.3, -0.25) is 0 Å². The summed E-state index contributed by atoms with van der Waals surface area (Å²) in [5.41, 5.74) is 1.43. The molecule has 0 radical (unpaired) electrons. The first-order chi connectivity index (χ1) is 8.35. The fourth-order valence-electron chi connectivity index (χ4n) is 1.76. The Hall–Kier alpha value is -1.26. The Bertz CT molecular complexity index is 485. The summed E-state index contributed by atoms with van der Waals surface area (Å²) in [6.45, 7) is 2.84. The summed E-state index contributed by atoms with van der Waals surface area (Å²) >= 11 is 0. The zero-order valence-electron chi connectivity index (χ0n) is 10.5. The molecule has 2 aromatic heterocycles. The van der Waals surface area contributed by atoms with Gasteiger partial charge in [-0.15, -0.1) is 12.4 Å². The summed E-state index contributed by atoms with van der Waals surface area (Å²) in [6.07, 6.45) is 7.14. The molecule has 0 aromatic carbocycles. The van der Waals surface area contributed by atoms with Crippen LogP contribution in [0, 0.1) is 0 Å². The number of aliphatic hydroxyl groups excluding tert-OH is 1. The van der Waals surface area contributed by atoms with Gasteiger partial charge in [0.2, 0.25) is 0 Å². The fraction of sp³-hybridized carbons (Fsp3) is 0.462. The fourth-order valence-corrected chi connectivity index (χ4v) is 1.76. The second kappa shape index (κ2) is 7.24. The minimum atomic E-state index is -0.0447. The van der Waals surface area contributed by atoms with Crippen LogP contribution in [0.5, 0.6) is 5.75 Å². The monoisotopic (exact) mass is 270 g/mol. The van der Waals surface area contributed by atoms with Crippen molar-refractivity contribution in [3.8, 4) is 5.75 Å². The van der Waals surface area contributed by atoms with Crippen LogP contribution in [0.15, 0.2) is 24.5 Å². The number of imidazole rings is 1. The zero-order chi connectivity index (χ0) is 12.1. The SMILES string of the molecule is CCCCCOc1cccn2cc(CO)nc12.Cl. The number of ether oxygens (including phenoxy) is 1. The molecule has 4 nitrogen and oxygen atoms in total. The zero-order valence-corrected chi connectivity index (χ0v) is 11.3. The lowest BCUT2D eigenvalue weighted by Crippen LogP contribution is -1.99. The molecule has 0 saturated heterocycles. The molecule has 0 amide bonds. The number of pyridine rings is 1. The van der Waals surface area contributed by atoms with Gasteiger partial charge in [-0.25, -0.2) is 4.98 Å². The van der Waals surface area contributed by atoms with Crippen molar-refractivity contribution in [2.75, 3.05) is 6.61 Å². The van der Waals surface area contributed by atoms with Crippen molar-refractivity contribution in [1.29, 1.82) is 0 Å². The van der Waals surface area contributed by atoms with E-state index in [2.05, 4.69) is 11.9 Å². The molecule has 0 spiro atoms. The van der Waals surface area contributed by atoms with Crippen LogP contribution in [-0.4, -0.2) is 21.1 Å². The second-order valence-electron chi connectivity index (χ2n) is 4.05. The third-order valence-electron chi connectivity index (χ3n) is 2.66. The van der Waals surface area contributed by atoms with E-state index in [-0.39, 0.29) is 19.0 Å². The largest absolute Gasteiger partial charge is 0.490 e. The molecule has 0 fully saturated rings. The van der Waals surface area contributed by atoms with Gasteiger partial charge in [-0.05, 0) is 18.6 Å². The molecule has 0 saturated carbocycles. The van der Waals surface area contributed by atoms with Crippen molar-refractivity contribution >= 4 is 18.1 Å². The van der Waals surface area contributed by atoms with E-state index in [1.165, 1.54) is 12.8 Å². The molecule has 2 aromatic rings. The van der Waals surface area contributed by atoms with Crippen LogP contribution in [-0.2, 0) is 6.61 Å². The highest BCUT2D eigenvalue weighted by atomic mass is 35.5. The van der Waals surface area contributed by atoms with Crippen molar-refractivity contribution in [2.45, 2.75) is 32.8 Å². The number of hydrogen-bond acceptors (Lipinski definition) is 3. The number of hydrogen-bond donors (Lipinski definition) is 1. The molecule has 18 heavy (non-hydrogen) atoms. The highest BCUT2D eigenvalue weighted by Gasteiger charge is 2.06. The first-order valence-electron chi connectivity index (χ1n) is 6.05. The van der Waals surface area contributed by atoms with E-state index in [0.717, 1.165) is 24.4 Å². The Kier molecular flexibility index (Phi) is 5.95. The predicted octanol–water partition coefficient (Wildman–Crippen LogP) is 2.82. The van der Waals surface area contributed by atoms with Crippen LogP contribution in [0.3, 0.4) is 0 Å². The molecule has 100 valence electrons. The lowest BCUT2D eigenvalue weighted by Gasteiger charge is -2.06. The van der Waals surface area contributed by atoms with Crippen LogP contribution < -0.4 is 4.74 Å². The van der Waals surface area contributed by atoms with Gasteiger partial charge in [0, 0.05) is 12.4 Å². The van der Waals surface area contributed by atoms with Crippen molar-refractivity contribution in [1.82, 2.24) is 9.38 Å². The Morgan fingerprint density at radius 3 is 2.94 bits per heavy atom. The topological polar surface area (TPSA) is 46.8 Å². The standard InChI is InChI=1S/C13H18N2O2.ClH/c1-2-3-4-8-17-12-6-5-7-15-9-11(10-16)14-13(12)15;/h5-7,9,16H,2-4,8,10H2,1H3;1H. The Labute approximate surface area is 113 Å². The molecule has 2 heterocycles. The van der Waals surface area contributed by atoms with Crippen molar-refractivity contribution in [2.24, 2.45) is 0 Å². The average molecular weight is 271 g/mol. The first-order valence-corrected chi connectivity index (χ1v) is 6.05. The number of aliphatic hydroxyl groups is 1. The molecule has 2 rings (SSSR count). The molecule has 0 bridgehead atoms. The summed E-state index contributed by atoms with van der Waals surface area (Å²) in [5.74, 6) is 0.781. The van der Waals surface area contributed by atoms with Gasteiger partial charge in [0.05, 0.1) is 18.9 Å². The Morgan fingerprint density at radius 1 is 1.39 bits per heavy atom. The van der Waals surface area contributed by atoms with Crippen molar-refractivity contribution in [3.05, 3.63) is 30.2 Å². The molecule has 0 aliphatic carbocycles. The van der Waals surface area contributed by atoms with Crippen LogP contribution in [0.4, 0.5) is 0 Å². The number of rotatable bonds is 6. The maximum atomic E-state index is 9.06. The number of nitrogens with zero attached hydrogens (tertiary/aromatic N) is 2. The van der Waals surface area contributed by atoms with E-state index in [4.69, 9.17) is 9.84 Å². The van der Waals surface area contributed by atoms with Gasteiger partial charge in [0.15, 0.2) is 11.4 Å². The van der Waals surface area contributed by atoms with Gasteiger partial charge >= 0.3 is 0 Å². The van der Waals surface area contributed by atoms with E-state index in [1.807, 2.05) is 28.9 Å². The number of unbranched alkanes of at least 4 members (excludes halogenated alkanes) is 2. The smallest absolute Gasteiger partial charge is 0.180 e. The quantitative estimate of drug-likeness (QED) is 0.821. The highest BCUT2D eigenvalue weighted by Crippen LogP contribution is 2.19. The molecular formula is C13H19ClN2O2. The summed E-state index contributed by atoms with van der Waals surface area (Å²) in [6, 6.07) is 3.83. The van der Waals surface area contributed by atoms with Crippen LogP contribution in [0.25, 0.3) is 5.65 Å². The molecular weight excluding hydrogens is 252 g/mol. The predicted molar refractivity (Wildman–Crippen MR) is 73.4 cm³/mol. The van der Waals surface area contributed by atoms with Gasteiger partial charge < -0.3 is 14.2 Å². The van der Waals surface area contributed by atoms with E-state index >= 15 is 0 Å². The molecule has 0 aliphatic heterocycles. The lowest BCUT2D eigenvalue weighted by atomic mass is 10.3. The van der Waals surface area contributed by atoms with Crippen LogP contribution in [0.2, 0.25) is 0 Å². The normalized spacial score (nSPS) is 10.3. The molecule has 5 heteroatoms. The second-order valence-corrected chi connectivity index (χ2v) is 4.05. The van der Waals surface area contributed by atoms with E-state index in [1.54, 1.807) is 0 Å². The molecule has 0 atom stereocenters. The number of halogens is 1. The van der Waals surface area contributed by atoms with E-state index < -0.39 is 0 Å². The van der Waals surface area contributed by atoms with Crippen molar-refractivity contribution < 1.29 is 9.84 Å². The maximum Gasteiger partial charge on any atom is 0.180 e. The van der Waals surface area contributed by atoms with Gasteiger partial charge in [-0.2, -0.15) is 0 Å². The van der Waals surface area contributed by atoms with Gasteiger partial charge in [-0.1, -0.05) is 19.8 Å². The first kappa shape index (κ1) is 14.8. The Balaban J connectivity index is 0.00000162. The molecule has 1 N–H and O–H groups in total. The van der Waals surface area contributed by atoms with Gasteiger partial charge in [0.1, 0.15) is 0 Å². The van der Waals surface area contributed by atoms with E-state index in [0.29, 0.717) is 5.69 Å². The summed E-state index contributed by atoms with van der Waals surface area (Å²) in [7, 11) is 0. The van der Waals surface area contributed by atoms with E-state index in [9.17, 15) is 0 Å². The minimum absolute atomic E-state index is 0. The van der Waals surface area contributed by atoms with Crippen molar-refractivity contribution in [3.63, 3.8) is 0 Å². The third-order valence-corrected chi connectivity index (χ3v) is 2.66. The summed E-state index contributed by atoms with van der Waals surface area (Å²) in [5, 5.41) is 9.06. The van der Waals surface area contributed by atoms with Crippen LogP contribution >= 0.6 is 12.4 Å². The summed E-state index contributed by atoms with van der Waals surface area (Å²) < 4.78 is 7.59. The highest BCUT2D eigenvalue weighted by molar-refractivity contribution is 5.85. The molecule has 0 aliphatic rings. The van der Waals surface area contributed by atoms with Crippen LogP contribution in [0.1, 0.15) is 31.9 Å². The maximum absolute atomic E-state index is 9.06. The summed E-state index contributed by atoms with van der Waals surface area (Å²) in [4.78, 5) is 4.32. The number of fused-ring (bicyclic) bond motifs is 1. The molecule has 0 unspecified atom stereocenters. The Morgan fingerprint density at radius 2 is 2.22 bits per heavy atom.